The molecule has 0 aliphatic rings. The van der Waals surface area contributed by atoms with Crippen LogP contribution in [0.1, 0.15) is 28.7 Å². The Labute approximate surface area is 205 Å². The number of methoxy groups -OCH3 is 1. The number of hydrogen-bond donors (Lipinski definition) is 0. The molecule has 0 aliphatic carbocycles. The lowest BCUT2D eigenvalue weighted by atomic mass is 9.95. The van der Waals surface area contributed by atoms with Gasteiger partial charge in [-0.3, -0.25) is 0 Å². The van der Waals surface area contributed by atoms with E-state index in [4.69, 9.17) is 4.74 Å². The van der Waals surface area contributed by atoms with Crippen molar-refractivity contribution in [2.45, 2.75) is 31.9 Å². The molecule has 0 saturated carbocycles. The number of rotatable bonds is 8. The first-order chi connectivity index (χ1) is 17.2. The van der Waals surface area contributed by atoms with Gasteiger partial charge in [0.15, 0.2) is 0 Å². The van der Waals surface area contributed by atoms with Crippen LogP contribution < -0.4 is 0 Å². The first kappa shape index (κ1) is 25.8. The zero-order valence-electron chi connectivity index (χ0n) is 19.6. The second-order valence-electron chi connectivity index (χ2n) is 8.70. The van der Waals surface area contributed by atoms with E-state index in [1.54, 1.807) is 25.3 Å². The maximum absolute atomic E-state index is 15.2. The van der Waals surface area contributed by atoms with Crippen molar-refractivity contribution < 1.29 is 31.1 Å². The van der Waals surface area contributed by atoms with Gasteiger partial charge in [0.1, 0.15) is 17.5 Å². The fourth-order valence-electron chi connectivity index (χ4n) is 4.29. The molecule has 4 aromatic carbocycles. The highest BCUT2D eigenvalue weighted by Crippen LogP contribution is 2.32. The Balaban J connectivity index is 1.54. The summed E-state index contributed by atoms with van der Waals surface area (Å²) >= 11 is 0. The summed E-state index contributed by atoms with van der Waals surface area (Å²) in [5, 5.41) is 0.798. The molecule has 4 rings (SSSR count). The van der Waals surface area contributed by atoms with E-state index in [1.165, 1.54) is 36.4 Å². The van der Waals surface area contributed by atoms with Gasteiger partial charge in [0.05, 0.1) is 11.1 Å². The van der Waals surface area contributed by atoms with Crippen molar-refractivity contribution in [2.75, 3.05) is 13.7 Å². The van der Waals surface area contributed by atoms with Crippen molar-refractivity contribution in [3.8, 4) is 11.1 Å². The molecule has 36 heavy (non-hydrogen) atoms. The molecule has 0 amide bonds. The number of benzene rings is 4. The van der Waals surface area contributed by atoms with Crippen LogP contribution in [0.4, 0.5) is 26.3 Å². The molecule has 0 radical (unpaired) electrons. The number of halogens is 6. The monoisotopic (exact) mass is 502 g/mol. The summed E-state index contributed by atoms with van der Waals surface area (Å²) < 4.78 is 87.9. The zero-order chi connectivity index (χ0) is 25.9. The van der Waals surface area contributed by atoms with Crippen LogP contribution in [-0.2, 0) is 30.2 Å². The number of aryl methyl sites for hydroxylation is 3. The molecular formula is C29H24F6O. The van der Waals surface area contributed by atoms with E-state index in [1.807, 2.05) is 0 Å². The van der Waals surface area contributed by atoms with Crippen molar-refractivity contribution in [2.24, 2.45) is 0 Å². The molecule has 0 atom stereocenters. The molecule has 0 saturated heterocycles. The fourth-order valence-corrected chi connectivity index (χ4v) is 4.29. The molecular weight excluding hydrogens is 478 g/mol. The van der Waals surface area contributed by atoms with Crippen molar-refractivity contribution in [3.63, 3.8) is 0 Å². The summed E-state index contributed by atoms with van der Waals surface area (Å²) in [6, 6.07) is 15.2. The van der Waals surface area contributed by atoms with Gasteiger partial charge >= 0.3 is 6.18 Å². The third-order valence-corrected chi connectivity index (χ3v) is 6.20. The molecule has 0 bridgehead atoms. The zero-order valence-corrected chi connectivity index (χ0v) is 19.6. The third-order valence-electron chi connectivity index (χ3n) is 6.20. The summed E-state index contributed by atoms with van der Waals surface area (Å²) in [5.74, 6) is -1.83. The molecule has 0 fully saturated rings. The topological polar surface area (TPSA) is 9.23 Å². The second kappa shape index (κ2) is 10.7. The van der Waals surface area contributed by atoms with Crippen LogP contribution in [0.15, 0.2) is 66.7 Å². The molecule has 1 nitrogen and oxygen atoms in total. The van der Waals surface area contributed by atoms with E-state index in [9.17, 15) is 22.0 Å². The predicted octanol–water partition coefficient (Wildman–Crippen LogP) is 8.31. The summed E-state index contributed by atoms with van der Waals surface area (Å²) in [4.78, 5) is 0. The number of alkyl halides is 3. The van der Waals surface area contributed by atoms with Crippen molar-refractivity contribution >= 4 is 10.8 Å². The van der Waals surface area contributed by atoms with E-state index >= 15 is 4.39 Å². The lowest BCUT2D eigenvalue weighted by molar-refractivity contribution is -0.137. The first-order valence-electron chi connectivity index (χ1n) is 11.5. The van der Waals surface area contributed by atoms with Crippen LogP contribution in [0, 0.1) is 17.5 Å². The highest BCUT2D eigenvalue weighted by Gasteiger charge is 2.29. The van der Waals surface area contributed by atoms with E-state index < -0.39 is 29.2 Å². The SMILES string of the molecule is COCCCc1cc(F)c(-c2ccc3c(F)c(CCc4ccc(C(F)(F)F)cc4)ccc3c2)c(F)c1. The molecule has 188 valence electrons. The average Bonchev–Trinajstić information content (AvgIpc) is 2.83. The maximum Gasteiger partial charge on any atom is 0.416 e. The lowest BCUT2D eigenvalue weighted by Gasteiger charge is -2.12. The molecule has 7 heteroatoms. The van der Waals surface area contributed by atoms with Crippen LogP contribution in [0.3, 0.4) is 0 Å². The minimum absolute atomic E-state index is 0.167. The Morgan fingerprint density at radius 3 is 2.06 bits per heavy atom. The highest BCUT2D eigenvalue weighted by molar-refractivity contribution is 5.88. The van der Waals surface area contributed by atoms with Gasteiger partial charge in [-0.2, -0.15) is 13.2 Å². The van der Waals surface area contributed by atoms with E-state index in [-0.39, 0.29) is 5.56 Å². The van der Waals surface area contributed by atoms with Gasteiger partial charge in [0.2, 0.25) is 0 Å². The summed E-state index contributed by atoms with van der Waals surface area (Å²) in [6.07, 6.45) is -2.61. The van der Waals surface area contributed by atoms with Gasteiger partial charge in [-0.25, -0.2) is 13.2 Å². The van der Waals surface area contributed by atoms with E-state index in [2.05, 4.69) is 0 Å². The second-order valence-corrected chi connectivity index (χ2v) is 8.70. The standard InChI is InChI=1S/C29H24F6O/c1-36-14-2-3-19-15-25(30)27(26(31)16-19)22-10-13-24-21(17-22)9-8-20(28(24)32)7-4-18-5-11-23(12-6-18)29(33,34)35/h5-6,8-13,15-17H,2-4,7,14H2,1H3. The molecule has 0 aliphatic heterocycles. The van der Waals surface area contributed by atoms with E-state index in [0.29, 0.717) is 65.3 Å². The molecule has 0 N–H and O–H groups in total. The normalized spacial score (nSPS) is 11.9. The fraction of sp³-hybridized carbons (Fsp3) is 0.241. The van der Waals surface area contributed by atoms with Gasteiger partial charge in [-0.15, -0.1) is 0 Å². The predicted molar refractivity (Wildman–Crippen MR) is 128 cm³/mol. The minimum Gasteiger partial charge on any atom is -0.385 e. The van der Waals surface area contributed by atoms with Crippen LogP contribution in [0.25, 0.3) is 21.9 Å². The maximum atomic E-state index is 15.2. The summed E-state index contributed by atoms with van der Waals surface area (Å²) in [7, 11) is 1.56. The third kappa shape index (κ3) is 5.73. The average molecular weight is 502 g/mol. The Hall–Kier alpha value is -3.32. The quantitative estimate of drug-likeness (QED) is 0.174. The minimum atomic E-state index is -4.40. The first-order valence-corrected chi connectivity index (χ1v) is 11.5. The van der Waals surface area contributed by atoms with Gasteiger partial charge in [0, 0.05) is 19.1 Å². The van der Waals surface area contributed by atoms with Crippen LogP contribution in [-0.4, -0.2) is 13.7 Å². The van der Waals surface area contributed by atoms with Gasteiger partial charge in [0.25, 0.3) is 0 Å². The van der Waals surface area contributed by atoms with E-state index in [0.717, 1.165) is 12.1 Å². The van der Waals surface area contributed by atoms with Crippen LogP contribution >= 0.6 is 0 Å². The van der Waals surface area contributed by atoms with Crippen molar-refractivity contribution in [1.29, 1.82) is 0 Å². The van der Waals surface area contributed by atoms with Crippen LogP contribution in [0.2, 0.25) is 0 Å². The van der Waals surface area contributed by atoms with Gasteiger partial charge in [-0.1, -0.05) is 36.4 Å². The number of fused-ring (bicyclic) bond motifs is 1. The Morgan fingerprint density at radius 1 is 0.722 bits per heavy atom. The number of ether oxygens (including phenoxy) is 1. The molecule has 0 spiro atoms. The summed E-state index contributed by atoms with van der Waals surface area (Å²) in [5.41, 5.74) is 1.02. The molecule has 0 unspecified atom stereocenters. The summed E-state index contributed by atoms with van der Waals surface area (Å²) in [6.45, 7) is 0.494. The Morgan fingerprint density at radius 2 is 1.42 bits per heavy atom. The van der Waals surface area contributed by atoms with Crippen molar-refractivity contribution in [1.82, 2.24) is 0 Å². The van der Waals surface area contributed by atoms with Gasteiger partial charge in [-0.05, 0) is 83.7 Å². The molecule has 0 aromatic heterocycles. The van der Waals surface area contributed by atoms with Gasteiger partial charge < -0.3 is 4.74 Å². The Bertz CT molecular complexity index is 1340. The molecule has 0 heterocycles. The van der Waals surface area contributed by atoms with Crippen molar-refractivity contribution in [3.05, 3.63) is 106 Å². The largest absolute Gasteiger partial charge is 0.416 e. The highest BCUT2D eigenvalue weighted by atomic mass is 19.4. The Kier molecular flexibility index (Phi) is 7.69. The molecule has 4 aromatic rings. The van der Waals surface area contributed by atoms with Crippen LogP contribution in [0.5, 0.6) is 0 Å². The smallest absolute Gasteiger partial charge is 0.385 e. The number of hydrogen-bond acceptors (Lipinski definition) is 1. The lowest BCUT2D eigenvalue weighted by Crippen LogP contribution is -2.04.